The number of para-hydroxylation sites is 1. The zero-order valence-corrected chi connectivity index (χ0v) is 12.7. The second kappa shape index (κ2) is 8.68. The number of ether oxygens (including phenoxy) is 1. The lowest BCUT2D eigenvalue weighted by Gasteiger charge is -2.09. The van der Waals surface area contributed by atoms with Crippen LogP contribution in [0.1, 0.15) is 16.1 Å². The van der Waals surface area contributed by atoms with Gasteiger partial charge in [0.05, 0.1) is 11.5 Å². The average molecular weight is 319 g/mol. The van der Waals surface area contributed by atoms with Gasteiger partial charge in [0.15, 0.2) is 0 Å². The van der Waals surface area contributed by atoms with E-state index < -0.39 is 6.03 Å². The molecule has 0 fully saturated rings. The molecule has 0 aliphatic heterocycles. The SMILES string of the molecule is O=C(NCCCOc1ccccc1)NNC(=O)c1cccs1. The summed E-state index contributed by atoms with van der Waals surface area (Å²) in [6, 6.07) is 12.5. The van der Waals surface area contributed by atoms with Crippen molar-refractivity contribution in [2.75, 3.05) is 13.2 Å². The van der Waals surface area contributed by atoms with Gasteiger partial charge in [-0.2, -0.15) is 0 Å². The van der Waals surface area contributed by atoms with E-state index in [-0.39, 0.29) is 5.91 Å². The number of hydrazine groups is 1. The zero-order valence-electron chi connectivity index (χ0n) is 11.9. The molecule has 3 amide bonds. The summed E-state index contributed by atoms with van der Waals surface area (Å²) in [6.07, 6.45) is 0.668. The molecule has 0 aliphatic rings. The number of benzene rings is 1. The molecule has 0 saturated carbocycles. The molecule has 6 nitrogen and oxygen atoms in total. The lowest BCUT2D eigenvalue weighted by atomic mass is 10.3. The van der Waals surface area contributed by atoms with Gasteiger partial charge in [-0.15, -0.1) is 11.3 Å². The molecular weight excluding hydrogens is 302 g/mol. The normalized spacial score (nSPS) is 9.82. The smallest absolute Gasteiger partial charge is 0.333 e. The van der Waals surface area contributed by atoms with Gasteiger partial charge >= 0.3 is 6.03 Å². The second-order valence-corrected chi connectivity index (χ2v) is 5.28. The first-order chi connectivity index (χ1) is 10.8. The van der Waals surface area contributed by atoms with Crippen LogP contribution >= 0.6 is 11.3 Å². The second-order valence-electron chi connectivity index (χ2n) is 4.33. The third-order valence-corrected chi connectivity index (χ3v) is 3.52. The van der Waals surface area contributed by atoms with Crippen LogP contribution in [0.25, 0.3) is 0 Å². The van der Waals surface area contributed by atoms with Gasteiger partial charge in [-0.25, -0.2) is 10.2 Å². The molecule has 2 aromatic rings. The molecule has 1 aromatic heterocycles. The van der Waals surface area contributed by atoms with Gasteiger partial charge in [-0.3, -0.25) is 10.2 Å². The van der Waals surface area contributed by atoms with Crippen LogP contribution in [-0.4, -0.2) is 25.1 Å². The summed E-state index contributed by atoms with van der Waals surface area (Å²) in [6.45, 7) is 0.958. The van der Waals surface area contributed by atoms with Crippen molar-refractivity contribution in [2.45, 2.75) is 6.42 Å². The Labute approximate surface area is 132 Å². The minimum Gasteiger partial charge on any atom is -0.494 e. The van der Waals surface area contributed by atoms with Crippen molar-refractivity contribution in [3.05, 3.63) is 52.7 Å². The molecule has 0 saturated heterocycles. The van der Waals surface area contributed by atoms with Gasteiger partial charge in [0.1, 0.15) is 5.75 Å². The van der Waals surface area contributed by atoms with E-state index in [1.807, 2.05) is 30.3 Å². The summed E-state index contributed by atoms with van der Waals surface area (Å²) < 4.78 is 5.49. The lowest BCUT2D eigenvalue weighted by Crippen LogP contribution is -2.47. The first-order valence-electron chi connectivity index (χ1n) is 6.81. The van der Waals surface area contributed by atoms with E-state index in [0.717, 1.165) is 5.75 Å². The van der Waals surface area contributed by atoms with Gasteiger partial charge in [0, 0.05) is 6.54 Å². The van der Waals surface area contributed by atoms with Crippen LogP contribution in [0.15, 0.2) is 47.8 Å². The molecule has 116 valence electrons. The molecule has 1 aromatic carbocycles. The number of hydrogen-bond acceptors (Lipinski definition) is 4. The fourth-order valence-electron chi connectivity index (χ4n) is 1.61. The van der Waals surface area contributed by atoms with Crippen molar-refractivity contribution in [3.8, 4) is 5.75 Å². The number of thiophene rings is 1. The number of hydrogen-bond donors (Lipinski definition) is 3. The molecule has 3 N–H and O–H groups in total. The molecule has 0 unspecified atom stereocenters. The van der Waals surface area contributed by atoms with Gasteiger partial charge in [0.25, 0.3) is 5.91 Å². The number of nitrogens with one attached hydrogen (secondary N) is 3. The monoisotopic (exact) mass is 319 g/mol. The van der Waals surface area contributed by atoms with E-state index in [1.165, 1.54) is 11.3 Å². The van der Waals surface area contributed by atoms with Crippen LogP contribution in [-0.2, 0) is 0 Å². The molecule has 0 spiro atoms. The fraction of sp³-hybridized carbons (Fsp3) is 0.200. The number of urea groups is 1. The summed E-state index contributed by atoms with van der Waals surface area (Å²) in [7, 11) is 0. The summed E-state index contributed by atoms with van der Waals surface area (Å²) in [5.41, 5.74) is 4.63. The van der Waals surface area contributed by atoms with Crippen LogP contribution in [0.2, 0.25) is 0 Å². The highest BCUT2D eigenvalue weighted by Gasteiger charge is 2.07. The minimum atomic E-state index is -0.454. The molecule has 0 radical (unpaired) electrons. The largest absolute Gasteiger partial charge is 0.494 e. The van der Waals surface area contributed by atoms with E-state index in [1.54, 1.807) is 17.5 Å². The van der Waals surface area contributed by atoms with Crippen molar-refractivity contribution in [1.82, 2.24) is 16.2 Å². The highest BCUT2D eigenvalue weighted by Crippen LogP contribution is 2.08. The molecule has 1 heterocycles. The summed E-state index contributed by atoms with van der Waals surface area (Å²) >= 11 is 1.30. The van der Waals surface area contributed by atoms with E-state index in [4.69, 9.17) is 4.74 Å². The maximum Gasteiger partial charge on any atom is 0.333 e. The Kier molecular flexibility index (Phi) is 6.25. The predicted octanol–water partition coefficient (Wildman–Crippen LogP) is 2.16. The minimum absolute atomic E-state index is 0.336. The maximum absolute atomic E-state index is 11.6. The fourth-order valence-corrected chi connectivity index (χ4v) is 2.23. The van der Waals surface area contributed by atoms with Gasteiger partial charge in [0.2, 0.25) is 0 Å². The molecule has 0 bridgehead atoms. The average Bonchev–Trinajstić information content (AvgIpc) is 3.08. The number of carbonyl (C=O) groups excluding carboxylic acids is 2. The van der Waals surface area contributed by atoms with Crippen molar-refractivity contribution in [1.29, 1.82) is 0 Å². The molecular formula is C15H17N3O3S. The van der Waals surface area contributed by atoms with Crippen molar-refractivity contribution in [3.63, 3.8) is 0 Å². The van der Waals surface area contributed by atoms with E-state index in [2.05, 4.69) is 16.2 Å². The van der Waals surface area contributed by atoms with Gasteiger partial charge < -0.3 is 10.1 Å². The summed E-state index contributed by atoms with van der Waals surface area (Å²) in [5.74, 6) is 0.465. The van der Waals surface area contributed by atoms with Crippen molar-refractivity contribution in [2.24, 2.45) is 0 Å². The number of amides is 3. The first kappa shape index (κ1) is 15.8. The Morgan fingerprint density at radius 1 is 1.05 bits per heavy atom. The highest BCUT2D eigenvalue weighted by molar-refractivity contribution is 7.12. The third-order valence-electron chi connectivity index (χ3n) is 2.65. The molecule has 7 heteroatoms. The van der Waals surface area contributed by atoms with Crippen LogP contribution in [0.5, 0.6) is 5.75 Å². The lowest BCUT2D eigenvalue weighted by molar-refractivity contribution is 0.0940. The zero-order chi connectivity index (χ0) is 15.6. The van der Waals surface area contributed by atoms with Crippen molar-refractivity contribution < 1.29 is 14.3 Å². The van der Waals surface area contributed by atoms with Crippen LogP contribution < -0.4 is 20.9 Å². The van der Waals surface area contributed by atoms with Crippen molar-refractivity contribution >= 4 is 23.3 Å². The molecule has 22 heavy (non-hydrogen) atoms. The summed E-state index contributed by atoms with van der Waals surface area (Å²) in [4.78, 5) is 23.6. The van der Waals surface area contributed by atoms with E-state index in [9.17, 15) is 9.59 Å². The Bertz CT molecular complexity index is 587. The molecule has 0 aliphatic carbocycles. The quantitative estimate of drug-likeness (QED) is 0.564. The van der Waals surface area contributed by atoms with Crippen LogP contribution in [0.4, 0.5) is 4.79 Å². The topological polar surface area (TPSA) is 79.5 Å². The number of carbonyl (C=O) groups is 2. The Morgan fingerprint density at radius 2 is 1.86 bits per heavy atom. The standard InChI is InChI=1S/C15H17N3O3S/c19-14(13-8-4-11-22-13)17-18-15(20)16-9-5-10-21-12-6-2-1-3-7-12/h1-4,6-8,11H,5,9-10H2,(H,17,19)(H2,16,18,20). The molecule has 2 rings (SSSR count). The number of rotatable bonds is 6. The van der Waals surface area contributed by atoms with Gasteiger partial charge in [-0.1, -0.05) is 24.3 Å². The van der Waals surface area contributed by atoms with E-state index in [0.29, 0.717) is 24.4 Å². The Balaban J connectivity index is 1.53. The molecule has 0 atom stereocenters. The van der Waals surface area contributed by atoms with Gasteiger partial charge in [-0.05, 0) is 30.0 Å². The first-order valence-corrected chi connectivity index (χ1v) is 7.69. The Morgan fingerprint density at radius 3 is 2.59 bits per heavy atom. The van der Waals surface area contributed by atoms with Crippen LogP contribution in [0, 0.1) is 0 Å². The van der Waals surface area contributed by atoms with Crippen LogP contribution in [0.3, 0.4) is 0 Å². The highest BCUT2D eigenvalue weighted by atomic mass is 32.1. The Hall–Kier alpha value is -2.54. The maximum atomic E-state index is 11.6. The third kappa shape index (κ3) is 5.45. The van der Waals surface area contributed by atoms with E-state index >= 15 is 0 Å². The predicted molar refractivity (Wildman–Crippen MR) is 84.9 cm³/mol. The summed E-state index contributed by atoms with van der Waals surface area (Å²) in [5, 5.41) is 4.42.